The maximum absolute atomic E-state index is 5.37. The fourth-order valence-corrected chi connectivity index (χ4v) is 12.2. The van der Waals surface area contributed by atoms with Gasteiger partial charge in [-0.2, -0.15) is 0 Å². The van der Waals surface area contributed by atoms with Crippen LogP contribution in [-0.2, 0) is 4.74 Å². The van der Waals surface area contributed by atoms with Crippen molar-refractivity contribution in [3.63, 3.8) is 0 Å². The summed E-state index contributed by atoms with van der Waals surface area (Å²) in [5.41, 5.74) is 7.00. The van der Waals surface area contributed by atoms with Crippen LogP contribution in [0.5, 0.6) is 0 Å². The molecule has 40 heavy (non-hydrogen) atoms. The van der Waals surface area contributed by atoms with E-state index in [0.29, 0.717) is 33.6 Å². The zero-order valence-electron chi connectivity index (χ0n) is 26.5. The Bertz CT molecular complexity index is 1210. The van der Waals surface area contributed by atoms with Gasteiger partial charge in [-0.25, -0.2) is 0 Å². The Morgan fingerprint density at radius 3 is 2.27 bits per heavy atom. The van der Waals surface area contributed by atoms with Crippen LogP contribution in [0.2, 0.25) is 0 Å². The minimum absolute atomic E-state index is 0.334. The van der Waals surface area contributed by atoms with E-state index in [2.05, 4.69) is 90.5 Å². The summed E-state index contributed by atoms with van der Waals surface area (Å²) >= 11 is 0. The first-order valence-electron chi connectivity index (χ1n) is 16.3. The third kappa shape index (κ3) is 3.69. The Kier molecular flexibility index (Phi) is 6.81. The molecule has 0 bridgehead atoms. The predicted molar refractivity (Wildman–Crippen MR) is 170 cm³/mol. The van der Waals surface area contributed by atoms with E-state index in [-0.39, 0.29) is 0 Å². The van der Waals surface area contributed by atoms with Gasteiger partial charge in [0.25, 0.3) is 0 Å². The van der Waals surface area contributed by atoms with Crippen LogP contribution in [-0.4, -0.2) is 19.7 Å². The van der Waals surface area contributed by atoms with Crippen LogP contribution in [0.4, 0.5) is 0 Å². The Balaban J connectivity index is 1.32. The molecule has 0 aliphatic heterocycles. The Morgan fingerprint density at radius 1 is 0.900 bits per heavy atom. The van der Waals surface area contributed by atoms with Crippen molar-refractivity contribution >= 4 is 11.3 Å². The van der Waals surface area contributed by atoms with Gasteiger partial charge in [0.05, 0.1) is 7.11 Å². The molecule has 0 amide bonds. The van der Waals surface area contributed by atoms with Crippen molar-refractivity contribution in [1.29, 1.82) is 0 Å². The summed E-state index contributed by atoms with van der Waals surface area (Å²) < 4.78 is 5.37. The highest BCUT2D eigenvalue weighted by molar-refractivity contribution is 5.70. The molecule has 218 valence electrons. The fourth-order valence-electron chi connectivity index (χ4n) is 12.2. The lowest BCUT2D eigenvalue weighted by Crippen LogP contribution is -2.67. The molecule has 1 aromatic rings. The summed E-state index contributed by atoms with van der Waals surface area (Å²) in [5.74, 6) is 5.15. The normalized spacial score (nSPS) is 45.8. The Hall–Kier alpha value is -1.80. The van der Waals surface area contributed by atoms with Gasteiger partial charge >= 0.3 is 0 Å². The van der Waals surface area contributed by atoms with Gasteiger partial charge in [-0.05, 0) is 135 Å². The van der Waals surface area contributed by atoms with Crippen molar-refractivity contribution in [3.8, 4) is 0 Å². The number of rotatable bonds is 5. The number of hydrogen-bond donors (Lipinski definition) is 1. The van der Waals surface area contributed by atoms with Crippen LogP contribution in [0.3, 0.4) is 0 Å². The van der Waals surface area contributed by atoms with E-state index in [9.17, 15) is 0 Å². The minimum Gasteiger partial charge on any atom is -0.497 e. The van der Waals surface area contributed by atoms with Crippen molar-refractivity contribution in [2.24, 2.45) is 51.8 Å². The van der Waals surface area contributed by atoms with E-state index < -0.39 is 0 Å². The van der Waals surface area contributed by atoms with Crippen LogP contribution in [0, 0.1) is 51.8 Å². The zero-order chi connectivity index (χ0) is 28.7. The molecule has 0 spiro atoms. The second-order valence-electron chi connectivity index (χ2n) is 15.5. The first-order valence-corrected chi connectivity index (χ1v) is 16.3. The first-order chi connectivity index (χ1) is 19.0. The molecule has 4 fully saturated rings. The molecule has 10 atom stereocenters. The second kappa shape index (κ2) is 9.62. The van der Waals surface area contributed by atoms with Crippen molar-refractivity contribution in [2.45, 2.75) is 97.9 Å². The highest BCUT2D eigenvalue weighted by Gasteiger charge is 2.69. The van der Waals surface area contributed by atoms with Crippen molar-refractivity contribution < 1.29 is 4.74 Å². The summed E-state index contributed by atoms with van der Waals surface area (Å²) in [6, 6.07) is 8.94. The lowest BCUT2D eigenvalue weighted by molar-refractivity contribution is -0.213. The Labute approximate surface area is 245 Å². The van der Waals surface area contributed by atoms with Crippen LogP contribution in [0.1, 0.15) is 104 Å². The van der Waals surface area contributed by atoms with Gasteiger partial charge in [-0.3, -0.25) is 0 Å². The smallest absolute Gasteiger partial charge is 0.118 e. The summed E-state index contributed by atoms with van der Waals surface area (Å²) in [4.78, 5) is 0. The molecule has 1 aromatic carbocycles. The highest BCUT2D eigenvalue weighted by atomic mass is 16.5. The average Bonchev–Trinajstić information content (AvgIpc) is 3.34. The lowest BCUT2D eigenvalue weighted by Gasteiger charge is -2.71. The molecule has 9 unspecified atom stereocenters. The maximum Gasteiger partial charge on any atom is 0.118 e. The van der Waals surface area contributed by atoms with Gasteiger partial charge in [0.15, 0.2) is 0 Å². The fraction of sp³-hybridized carbons (Fsp3) is 0.684. The lowest BCUT2D eigenvalue weighted by atomic mass is 9.33. The SMILES string of the molecule is C=C(OC)c1ccc(C2=CCC3(C)C(CCC4(C)C3CCC3C5C(C(=C)C)CCC5(NC)CC[C@]34C)C2C)cc1. The summed E-state index contributed by atoms with van der Waals surface area (Å²) in [5, 5.41) is 3.93. The van der Waals surface area contributed by atoms with Crippen molar-refractivity contribution in [3.05, 3.63) is 60.2 Å². The molecule has 1 N–H and O–H groups in total. The van der Waals surface area contributed by atoms with E-state index in [1.165, 1.54) is 68.9 Å². The molecular formula is C38H55NO. The Morgan fingerprint density at radius 2 is 1.62 bits per heavy atom. The summed E-state index contributed by atoms with van der Waals surface area (Å²) in [7, 11) is 3.95. The molecule has 2 heteroatoms. The van der Waals surface area contributed by atoms with Gasteiger partial charge in [-0.1, -0.05) is 76.8 Å². The highest BCUT2D eigenvalue weighted by Crippen LogP contribution is 2.75. The van der Waals surface area contributed by atoms with E-state index >= 15 is 0 Å². The largest absolute Gasteiger partial charge is 0.497 e. The van der Waals surface area contributed by atoms with Crippen LogP contribution >= 0.6 is 0 Å². The molecule has 0 aromatic heterocycles. The monoisotopic (exact) mass is 541 g/mol. The molecule has 5 aliphatic rings. The third-order valence-electron chi connectivity index (χ3n) is 14.5. The number of fused-ring (bicyclic) bond motifs is 7. The molecule has 0 saturated heterocycles. The van der Waals surface area contributed by atoms with Crippen LogP contribution in [0.15, 0.2) is 49.1 Å². The van der Waals surface area contributed by atoms with E-state index in [0.717, 1.165) is 35.0 Å². The number of nitrogens with one attached hydrogen (secondary N) is 1. The minimum atomic E-state index is 0.334. The topological polar surface area (TPSA) is 21.3 Å². The second-order valence-corrected chi connectivity index (χ2v) is 15.5. The molecule has 2 nitrogen and oxygen atoms in total. The van der Waals surface area contributed by atoms with Crippen molar-refractivity contribution in [1.82, 2.24) is 5.32 Å². The number of methoxy groups -OCH3 is 1. The maximum atomic E-state index is 5.37. The first kappa shape index (κ1) is 28.3. The number of ether oxygens (including phenoxy) is 1. The third-order valence-corrected chi connectivity index (χ3v) is 14.5. The van der Waals surface area contributed by atoms with Gasteiger partial charge in [0.1, 0.15) is 5.76 Å². The summed E-state index contributed by atoms with van der Waals surface area (Å²) in [6.45, 7) is 21.6. The van der Waals surface area contributed by atoms with Crippen LogP contribution < -0.4 is 5.32 Å². The van der Waals surface area contributed by atoms with Gasteiger partial charge in [0, 0.05) is 11.1 Å². The predicted octanol–water partition coefficient (Wildman–Crippen LogP) is 9.54. The zero-order valence-corrected chi connectivity index (χ0v) is 26.5. The number of allylic oxidation sites excluding steroid dienone is 3. The van der Waals surface area contributed by atoms with E-state index in [1.54, 1.807) is 12.7 Å². The number of hydrogen-bond acceptors (Lipinski definition) is 2. The van der Waals surface area contributed by atoms with Gasteiger partial charge in [-0.15, -0.1) is 0 Å². The van der Waals surface area contributed by atoms with Crippen LogP contribution in [0.25, 0.3) is 11.3 Å². The van der Waals surface area contributed by atoms with E-state index in [4.69, 9.17) is 4.74 Å². The standard InChI is InChI=1S/C38H55NO/c1-24(2)29-17-21-38(39-8)23-22-36(6)32(34(29)38)14-15-33-35(5)19-16-30(25(3)31(35)18-20-37(33,36)7)28-12-10-27(11-13-28)26(4)40-9/h10-13,16,25,29,31-34,39H,1,4,14-15,17-23H2,2-3,5-9H3/t25?,29?,31?,32?,33?,34?,35?,36-,37?,38?/m1/s1. The molecule has 0 radical (unpaired) electrons. The van der Waals surface area contributed by atoms with Gasteiger partial charge < -0.3 is 10.1 Å². The van der Waals surface area contributed by atoms with Gasteiger partial charge in [0.2, 0.25) is 0 Å². The van der Waals surface area contributed by atoms with E-state index in [1.807, 2.05) is 0 Å². The molecule has 5 aliphatic carbocycles. The summed E-state index contributed by atoms with van der Waals surface area (Å²) in [6.07, 6.45) is 14.9. The van der Waals surface area contributed by atoms with Crippen molar-refractivity contribution in [2.75, 3.05) is 14.2 Å². The average molecular weight is 542 g/mol. The molecule has 0 heterocycles. The molecule has 4 saturated carbocycles. The molecule has 6 rings (SSSR count). The quantitative estimate of drug-likeness (QED) is 0.296. The number of benzene rings is 1. The molecular weight excluding hydrogens is 486 g/mol.